The zero-order chi connectivity index (χ0) is 9.99. The second kappa shape index (κ2) is 3.01. The summed E-state index contributed by atoms with van der Waals surface area (Å²) in [4.78, 5) is 2.84. The quantitative estimate of drug-likeness (QED) is 0.376. The molecule has 0 saturated carbocycles. The van der Waals surface area contributed by atoms with Crippen molar-refractivity contribution in [2.24, 2.45) is 16.1 Å². The highest BCUT2D eigenvalue weighted by molar-refractivity contribution is 5.87. The lowest BCUT2D eigenvalue weighted by molar-refractivity contribution is -0.186. The van der Waals surface area contributed by atoms with Gasteiger partial charge in [0.15, 0.2) is 0 Å². The number of aliphatic imine (C=N–C) groups is 1. The molecule has 0 unspecified atom stereocenters. The fourth-order valence-corrected chi connectivity index (χ4v) is 0.339. The van der Waals surface area contributed by atoms with Gasteiger partial charge in [0.2, 0.25) is 6.19 Å². The highest BCUT2D eigenvalue weighted by Crippen LogP contribution is 2.37. The van der Waals surface area contributed by atoms with Crippen LogP contribution in [0.4, 0.5) is 13.2 Å². The van der Waals surface area contributed by atoms with Crippen LogP contribution in [0.15, 0.2) is 4.99 Å². The Bertz CT molecular complexity index is 233. The minimum atomic E-state index is -4.49. The van der Waals surface area contributed by atoms with Gasteiger partial charge >= 0.3 is 6.18 Å². The molecule has 0 fully saturated rings. The molecule has 0 bridgehead atoms. The molecule has 12 heavy (non-hydrogen) atoms. The molecule has 0 heterocycles. The van der Waals surface area contributed by atoms with Crippen molar-refractivity contribution >= 4 is 5.84 Å². The summed E-state index contributed by atoms with van der Waals surface area (Å²) in [6, 6.07) is 0. The predicted octanol–water partition coefficient (Wildman–Crippen LogP) is 1.41. The molecular formula is C6H8F3N3. The Morgan fingerprint density at radius 2 is 1.83 bits per heavy atom. The van der Waals surface area contributed by atoms with Crippen molar-refractivity contribution in [3.05, 3.63) is 0 Å². The van der Waals surface area contributed by atoms with Crippen molar-refractivity contribution in [3.8, 4) is 6.19 Å². The zero-order valence-corrected chi connectivity index (χ0v) is 6.61. The average Bonchev–Trinajstić information content (AvgIpc) is 1.85. The number of nitrogens with two attached hydrogens (primary N) is 1. The van der Waals surface area contributed by atoms with Crippen LogP contribution in [0, 0.1) is 16.9 Å². The third kappa shape index (κ3) is 1.87. The number of nitrogens with zero attached hydrogens (tertiary/aromatic N) is 2. The Labute approximate surface area is 67.7 Å². The van der Waals surface area contributed by atoms with Crippen LogP contribution in [0.3, 0.4) is 0 Å². The van der Waals surface area contributed by atoms with E-state index in [2.05, 4.69) is 4.99 Å². The van der Waals surface area contributed by atoms with Gasteiger partial charge in [-0.3, -0.25) is 0 Å². The molecular weight excluding hydrogens is 171 g/mol. The summed E-state index contributed by atoms with van der Waals surface area (Å²) in [7, 11) is 0. The van der Waals surface area contributed by atoms with Crippen LogP contribution in [-0.4, -0.2) is 12.0 Å². The van der Waals surface area contributed by atoms with Crippen molar-refractivity contribution in [3.63, 3.8) is 0 Å². The third-order valence-corrected chi connectivity index (χ3v) is 1.52. The van der Waals surface area contributed by atoms with Crippen molar-refractivity contribution in [1.82, 2.24) is 0 Å². The summed E-state index contributed by atoms with van der Waals surface area (Å²) < 4.78 is 36.4. The predicted molar refractivity (Wildman–Crippen MR) is 37.1 cm³/mol. The fourth-order valence-electron chi connectivity index (χ4n) is 0.339. The van der Waals surface area contributed by atoms with E-state index in [9.17, 15) is 13.2 Å². The zero-order valence-electron chi connectivity index (χ0n) is 6.61. The van der Waals surface area contributed by atoms with Crippen LogP contribution < -0.4 is 5.73 Å². The smallest absolute Gasteiger partial charge is 0.386 e. The minimum absolute atomic E-state index is 0.725. The maximum Gasteiger partial charge on any atom is 0.400 e. The van der Waals surface area contributed by atoms with Gasteiger partial charge in [0.1, 0.15) is 11.3 Å². The maximum absolute atomic E-state index is 12.1. The maximum atomic E-state index is 12.1. The summed E-state index contributed by atoms with van der Waals surface area (Å²) in [6.07, 6.45) is -3.28. The summed E-state index contributed by atoms with van der Waals surface area (Å²) in [6.45, 7) is 1.73. The summed E-state index contributed by atoms with van der Waals surface area (Å²) >= 11 is 0. The Balaban J connectivity index is 4.89. The normalized spacial score (nSPS) is 14.2. The largest absolute Gasteiger partial charge is 0.400 e. The van der Waals surface area contributed by atoms with Gasteiger partial charge in [-0.2, -0.15) is 23.4 Å². The van der Waals surface area contributed by atoms with Gasteiger partial charge in [0.05, 0.1) is 0 Å². The molecule has 0 aromatic heterocycles. The molecule has 6 heteroatoms. The first kappa shape index (κ1) is 10.8. The number of rotatable bonds is 1. The molecule has 0 aromatic rings. The lowest BCUT2D eigenvalue weighted by Gasteiger charge is -2.25. The van der Waals surface area contributed by atoms with Crippen LogP contribution in [0.5, 0.6) is 0 Å². The van der Waals surface area contributed by atoms with E-state index in [1.54, 1.807) is 0 Å². The van der Waals surface area contributed by atoms with E-state index in [4.69, 9.17) is 11.0 Å². The summed E-state index contributed by atoms with van der Waals surface area (Å²) in [5.74, 6) is -0.725. The number of halogens is 3. The molecule has 0 aliphatic rings. The van der Waals surface area contributed by atoms with Gasteiger partial charge in [-0.15, -0.1) is 0 Å². The van der Waals surface area contributed by atoms with Gasteiger partial charge in [0, 0.05) is 0 Å². The molecule has 0 saturated heterocycles. The van der Waals surface area contributed by atoms with Crippen LogP contribution in [0.2, 0.25) is 0 Å². The van der Waals surface area contributed by atoms with Crippen LogP contribution >= 0.6 is 0 Å². The Kier molecular flexibility index (Phi) is 2.70. The van der Waals surface area contributed by atoms with E-state index < -0.39 is 17.4 Å². The number of nitriles is 1. The van der Waals surface area contributed by atoms with Crippen molar-refractivity contribution in [1.29, 1.82) is 5.26 Å². The van der Waals surface area contributed by atoms with Gasteiger partial charge in [-0.25, -0.2) is 0 Å². The van der Waals surface area contributed by atoms with Gasteiger partial charge in [0.25, 0.3) is 0 Å². The molecule has 0 aliphatic heterocycles. The Hall–Kier alpha value is -1.25. The van der Waals surface area contributed by atoms with Gasteiger partial charge in [-0.05, 0) is 13.8 Å². The molecule has 0 rings (SSSR count). The Morgan fingerprint density at radius 1 is 1.42 bits per heavy atom. The third-order valence-electron chi connectivity index (χ3n) is 1.52. The minimum Gasteiger partial charge on any atom is -0.386 e. The summed E-state index contributed by atoms with van der Waals surface area (Å²) in [5, 5.41) is 7.98. The fraction of sp³-hybridized carbons (Fsp3) is 0.667. The first-order valence-electron chi connectivity index (χ1n) is 3.03. The topological polar surface area (TPSA) is 62.2 Å². The Morgan fingerprint density at radius 3 is 2.08 bits per heavy atom. The van der Waals surface area contributed by atoms with Gasteiger partial charge in [-0.1, -0.05) is 0 Å². The molecule has 0 aromatic carbocycles. The highest BCUT2D eigenvalue weighted by atomic mass is 19.4. The molecule has 0 radical (unpaired) electrons. The molecule has 68 valence electrons. The standard InChI is InChI=1S/C6H8F3N3/c1-5(2,6(7,8)9)4(11)12-3-10/h1-2H3,(H2,11,12). The van der Waals surface area contributed by atoms with E-state index in [1.807, 2.05) is 0 Å². The van der Waals surface area contributed by atoms with E-state index in [1.165, 1.54) is 6.19 Å². The van der Waals surface area contributed by atoms with Crippen molar-refractivity contribution in [2.75, 3.05) is 0 Å². The number of alkyl halides is 3. The monoisotopic (exact) mass is 179 g/mol. The lowest BCUT2D eigenvalue weighted by atomic mass is 9.91. The highest BCUT2D eigenvalue weighted by Gasteiger charge is 2.50. The van der Waals surface area contributed by atoms with Crippen molar-refractivity contribution in [2.45, 2.75) is 20.0 Å². The molecule has 3 nitrogen and oxygen atoms in total. The number of hydrogen-bond acceptors (Lipinski definition) is 2. The first-order valence-corrected chi connectivity index (χ1v) is 3.03. The summed E-state index contributed by atoms with van der Waals surface area (Å²) in [5.41, 5.74) is 2.71. The molecule has 0 amide bonds. The molecule has 0 aliphatic carbocycles. The first-order chi connectivity index (χ1) is 5.23. The number of hydrogen-bond donors (Lipinski definition) is 1. The molecule has 2 N–H and O–H groups in total. The van der Waals surface area contributed by atoms with E-state index in [0.717, 1.165) is 13.8 Å². The van der Waals surface area contributed by atoms with E-state index in [-0.39, 0.29) is 0 Å². The van der Waals surface area contributed by atoms with E-state index in [0.29, 0.717) is 0 Å². The second-order valence-corrected chi connectivity index (χ2v) is 2.72. The second-order valence-electron chi connectivity index (χ2n) is 2.72. The van der Waals surface area contributed by atoms with Crippen molar-refractivity contribution < 1.29 is 13.2 Å². The lowest BCUT2D eigenvalue weighted by Crippen LogP contribution is -2.44. The number of amidine groups is 1. The van der Waals surface area contributed by atoms with Crippen LogP contribution in [-0.2, 0) is 0 Å². The van der Waals surface area contributed by atoms with E-state index >= 15 is 0 Å². The molecule has 0 spiro atoms. The van der Waals surface area contributed by atoms with Crippen LogP contribution in [0.1, 0.15) is 13.8 Å². The average molecular weight is 179 g/mol. The molecule has 0 atom stereocenters. The SMILES string of the molecule is CC(C)(/C(N)=N\C#N)C(F)(F)F. The van der Waals surface area contributed by atoms with Crippen LogP contribution in [0.25, 0.3) is 0 Å². The van der Waals surface area contributed by atoms with Gasteiger partial charge < -0.3 is 5.73 Å².